The number of carbonyl (C=O) groups excluding carboxylic acids is 1. The summed E-state index contributed by atoms with van der Waals surface area (Å²) in [5.41, 5.74) is 0. The van der Waals surface area contributed by atoms with Gasteiger partial charge in [0.1, 0.15) is 4.58 Å². The van der Waals surface area contributed by atoms with Crippen LogP contribution in [0.1, 0.15) is 6.92 Å². The molecule has 0 saturated carbocycles. The van der Waals surface area contributed by atoms with Gasteiger partial charge in [-0.05, 0) is 19.4 Å². The number of thioether (sulfide) groups is 2. The molecule has 0 aliphatic carbocycles. The minimum Gasteiger partial charge on any atom is -0.465 e. The summed E-state index contributed by atoms with van der Waals surface area (Å²) in [6.07, 6.45) is 3.80. The van der Waals surface area contributed by atoms with Crippen LogP contribution in [0, 0.1) is 0 Å². The van der Waals surface area contributed by atoms with E-state index in [1.54, 1.807) is 0 Å². The van der Waals surface area contributed by atoms with Crippen LogP contribution in [0.25, 0.3) is 0 Å². The van der Waals surface area contributed by atoms with E-state index in [4.69, 9.17) is 4.74 Å². The molecule has 0 bridgehead atoms. The van der Waals surface area contributed by atoms with Crippen molar-refractivity contribution in [3.63, 3.8) is 0 Å². The molecule has 0 atom stereocenters. The van der Waals surface area contributed by atoms with Crippen molar-refractivity contribution < 1.29 is 9.53 Å². The highest BCUT2D eigenvalue weighted by Crippen LogP contribution is 2.19. The van der Waals surface area contributed by atoms with Crippen molar-refractivity contribution in [1.82, 2.24) is 0 Å². The van der Waals surface area contributed by atoms with Crippen LogP contribution in [0.4, 0.5) is 0 Å². The third kappa shape index (κ3) is 3.37. The number of ether oxygens (including phenoxy) is 1. The molecule has 0 aromatic heterocycles. The molecule has 0 N–H and O–H groups in total. The van der Waals surface area contributed by atoms with Crippen molar-refractivity contribution in [2.45, 2.75) is 11.5 Å². The van der Waals surface area contributed by atoms with Crippen molar-refractivity contribution in [2.24, 2.45) is 0 Å². The standard InChI is InChI=1S/C6H12O2S2/c1-4-8-5(7)6(9-2)10-3/h6H,4H2,1-3H3. The van der Waals surface area contributed by atoms with E-state index in [2.05, 4.69) is 0 Å². The van der Waals surface area contributed by atoms with E-state index in [1.807, 2.05) is 19.4 Å². The van der Waals surface area contributed by atoms with Crippen molar-refractivity contribution in [1.29, 1.82) is 0 Å². The number of hydrogen-bond donors (Lipinski definition) is 0. The third-order valence-electron chi connectivity index (χ3n) is 0.907. The lowest BCUT2D eigenvalue weighted by atomic mass is 10.7. The lowest BCUT2D eigenvalue weighted by Gasteiger charge is -2.08. The molecule has 0 rings (SSSR count). The molecular weight excluding hydrogens is 168 g/mol. The van der Waals surface area contributed by atoms with Crippen LogP contribution >= 0.6 is 23.5 Å². The maximum atomic E-state index is 10.9. The molecule has 0 heterocycles. The summed E-state index contributed by atoms with van der Waals surface area (Å²) in [7, 11) is 0. The molecule has 4 heteroatoms. The Balaban J connectivity index is 3.65. The first-order chi connectivity index (χ1) is 4.76. The van der Waals surface area contributed by atoms with Crippen LogP contribution in [0.15, 0.2) is 0 Å². The summed E-state index contributed by atoms with van der Waals surface area (Å²) < 4.78 is 4.75. The molecule has 10 heavy (non-hydrogen) atoms. The monoisotopic (exact) mass is 180 g/mol. The summed E-state index contributed by atoms with van der Waals surface area (Å²) in [6, 6.07) is 0. The Kier molecular flexibility index (Phi) is 6.02. The van der Waals surface area contributed by atoms with Gasteiger partial charge in [0.05, 0.1) is 6.61 Å². The van der Waals surface area contributed by atoms with Gasteiger partial charge in [0.25, 0.3) is 0 Å². The Bertz CT molecular complexity index is 102. The second-order valence-corrected chi connectivity index (χ2v) is 3.74. The molecule has 0 aromatic carbocycles. The molecule has 0 aromatic rings. The Morgan fingerprint density at radius 1 is 1.50 bits per heavy atom. The maximum absolute atomic E-state index is 10.9. The highest BCUT2D eigenvalue weighted by Gasteiger charge is 2.15. The molecule has 0 amide bonds. The van der Waals surface area contributed by atoms with Gasteiger partial charge in [-0.1, -0.05) is 0 Å². The molecular formula is C6H12O2S2. The van der Waals surface area contributed by atoms with Gasteiger partial charge in [0.2, 0.25) is 0 Å². The quantitative estimate of drug-likeness (QED) is 0.485. The predicted octanol–water partition coefficient (Wildman–Crippen LogP) is 1.60. The molecule has 0 aliphatic heterocycles. The molecule has 2 nitrogen and oxygen atoms in total. The first-order valence-corrected chi connectivity index (χ1v) is 5.56. The lowest BCUT2D eigenvalue weighted by molar-refractivity contribution is -0.140. The van der Waals surface area contributed by atoms with Crippen LogP contribution < -0.4 is 0 Å². The second kappa shape index (κ2) is 5.92. The van der Waals surface area contributed by atoms with Gasteiger partial charge in [0, 0.05) is 0 Å². The number of esters is 1. The van der Waals surface area contributed by atoms with Gasteiger partial charge in [-0.2, -0.15) is 0 Å². The number of rotatable bonds is 4. The summed E-state index contributed by atoms with van der Waals surface area (Å²) in [6.45, 7) is 2.28. The van der Waals surface area contributed by atoms with E-state index in [0.29, 0.717) is 6.61 Å². The zero-order chi connectivity index (χ0) is 7.98. The third-order valence-corrected chi connectivity index (χ3v) is 3.30. The molecule has 0 aliphatic rings. The normalized spacial score (nSPS) is 10.0. The Hall–Kier alpha value is 0.170. The molecule has 0 fully saturated rings. The summed E-state index contributed by atoms with van der Waals surface area (Å²) in [5.74, 6) is -0.123. The summed E-state index contributed by atoms with van der Waals surface area (Å²) in [5, 5.41) is 0. The fourth-order valence-electron chi connectivity index (χ4n) is 0.499. The Labute approximate surface area is 70.1 Å². The van der Waals surface area contributed by atoms with E-state index >= 15 is 0 Å². The van der Waals surface area contributed by atoms with Gasteiger partial charge < -0.3 is 4.74 Å². The van der Waals surface area contributed by atoms with Crippen molar-refractivity contribution >= 4 is 29.5 Å². The van der Waals surface area contributed by atoms with Crippen molar-refractivity contribution in [3.8, 4) is 0 Å². The van der Waals surface area contributed by atoms with Crippen LogP contribution in [-0.2, 0) is 9.53 Å². The topological polar surface area (TPSA) is 26.3 Å². The highest BCUT2D eigenvalue weighted by atomic mass is 32.2. The first kappa shape index (κ1) is 10.2. The molecule has 0 saturated heterocycles. The number of carbonyl (C=O) groups is 1. The van der Waals surface area contributed by atoms with Gasteiger partial charge in [-0.25, -0.2) is 4.79 Å². The predicted molar refractivity (Wildman–Crippen MR) is 47.5 cm³/mol. The van der Waals surface area contributed by atoms with E-state index in [-0.39, 0.29) is 10.6 Å². The van der Waals surface area contributed by atoms with E-state index in [0.717, 1.165) is 0 Å². The zero-order valence-electron chi connectivity index (χ0n) is 6.42. The van der Waals surface area contributed by atoms with Gasteiger partial charge >= 0.3 is 5.97 Å². The van der Waals surface area contributed by atoms with Crippen LogP contribution in [-0.4, -0.2) is 29.7 Å². The lowest BCUT2D eigenvalue weighted by Crippen LogP contribution is -2.15. The van der Waals surface area contributed by atoms with E-state index in [9.17, 15) is 4.79 Å². The minimum atomic E-state index is -0.123. The van der Waals surface area contributed by atoms with Gasteiger partial charge in [-0.3, -0.25) is 0 Å². The van der Waals surface area contributed by atoms with Crippen molar-refractivity contribution in [3.05, 3.63) is 0 Å². The largest absolute Gasteiger partial charge is 0.465 e. The van der Waals surface area contributed by atoms with Gasteiger partial charge in [0.15, 0.2) is 0 Å². The molecule has 0 radical (unpaired) electrons. The Morgan fingerprint density at radius 2 is 2.00 bits per heavy atom. The molecule has 60 valence electrons. The zero-order valence-corrected chi connectivity index (χ0v) is 8.05. The fraction of sp³-hybridized carbons (Fsp3) is 0.833. The van der Waals surface area contributed by atoms with Crippen LogP contribution in [0.2, 0.25) is 0 Å². The average molecular weight is 180 g/mol. The second-order valence-electron chi connectivity index (χ2n) is 1.56. The maximum Gasteiger partial charge on any atom is 0.329 e. The van der Waals surface area contributed by atoms with Crippen molar-refractivity contribution in [2.75, 3.05) is 19.1 Å². The highest BCUT2D eigenvalue weighted by molar-refractivity contribution is 8.17. The molecule has 0 unspecified atom stereocenters. The van der Waals surface area contributed by atoms with Crippen LogP contribution in [0.3, 0.4) is 0 Å². The SMILES string of the molecule is CCOC(=O)C(SC)SC. The first-order valence-electron chi connectivity index (χ1n) is 2.98. The van der Waals surface area contributed by atoms with E-state index < -0.39 is 0 Å². The summed E-state index contributed by atoms with van der Waals surface area (Å²) >= 11 is 3.01. The fourth-order valence-corrected chi connectivity index (χ4v) is 1.79. The smallest absolute Gasteiger partial charge is 0.329 e. The average Bonchev–Trinajstić information content (AvgIpc) is 1.91. The number of hydrogen-bond acceptors (Lipinski definition) is 4. The van der Waals surface area contributed by atoms with Crippen LogP contribution in [0.5, 0.6) is 0 Å². The minimum absolute atomic E-state index is 0.0556. The molecule has 0 spiro atoms. The Morgan fingerprint density at radius 3 is 2.30 bits per heavy atom. The van der Waals surface area contributed by atoms with Gasteiger partial charge in [-0.15, -0.1) is 23.5 Å². The summed E-state index contributed by atoms with van der Waals surface area (Å²) in [4.78, 5) is 10.9. The van der Waals surface area contributed by atoms with E-state index in [1.165, 1.54) is 23.5 Å².